The van der Waals surface area contributed by atoms with Gasteiger partial charge in [-0.15, -0.1) is 0 Å². The van der Waals surface area contributed by atoms with Crippen molar-refractivity contribution in [2.75, 3.05) is 14.2 Å². The van der Waals surface area contributed by atoms with Crippen molar-refractivity contribution in [3.63, 3.8) is 0 Å². The molecule has 0 bridgehead atoms. The number of carbonyl (C=O) groups is 2. The SMILES string of the molecule is COC(OC)(c1ccccc1)C(O)(C(=O)O)C(=O)O. The van der Waals surface area contributed by atoms with Gasteiger partial charge in [0.15, 0.2) is 0 Å². The van der Waals surface area contributed by atoms with Crippen LogP contribution in [-0.4, -0.2) is 47.1 Å². The number of ether oxygens (including phenoxy) is 2. The van der Waals surface area contributed by atoms with Crippen LogP contribution in [0.5, 0.6) is 0 Å². The van der Waals surface area contributed by atoms with Gasteiger partial charge >= 0.3 is 17.5 Å². The van der Waals surface area contributed by atoms with Gasteiger partial charge in [0.1, 0.15) is 0 Å². The summed E-state index contributed by atoms with van der Waals surface area (Å²) in [7, 11) is 2.10. The standard InChI is InChI=1S/C12H14O7/c1-18-12(19-2,8-6-4-3-5-7-8)11(17,9(13)14)10(15)16/h3-7,17H,1-2H3,(H,13,14)(H,15,16). The maximum Gasteiger partial charge on any atom is 0.353 e. The lowest BCUT2D eigenvalue weighted by Crippen LogP contribution is -2.64. The smallest absolute Gasteiger partial charge is 0.353 e. The number of hydrogen-bond donors (Lipinski definition) is 3. The van der Waals surface area contributed by atoms with E-state index < -0.39 is 23.3 Å². The Kier molecular flexibility index (Phi) is 4.25. The van der Waals surface area contributed by atoms with Crippen LogP contribution in [0, 0.1) is 0 Å². The van der Waals surface area contributed by atoms with Gasteiger partial charge in [0.05, 0.1) is 0 Å². The molecule has 0 radical (unpaired) electrons. The van der Waals surface area contributed by atoms with Gasteiger partial charge in [0.2, 0.25) is 5.79 Å². The number of aliphatic hydroxyl groups is 1. The quantitative estimate of drug-likeness (QED) is 0.493. The van der Waals surface area contributed by atoms with E-state index in [2.05, 4.69) is 0 Å². The summed E-state index contributed by atoms with van der Waals surface area (Å²) in [5.74, 6) is -6.36. The molecule has 1 rings (SSSR count). The Morgan fingerprint density at radius 2 is 1.42 bits per heavy atom. The van der Waals surface area contributed by atoms with Gasteiger partial charge < -0.3 is 24.8 Å². The van der Waals surface area contributed by atoms with Crippen molar-refractivity contribution in [2.24, 2.45) is 0 Å². The van der Waals surface area contributed by atoms with Crippen LogP contribution < -0.4 is 0 Å². The Hall–Kier alpha value is -1.96. The molecule has 0 aromatic heterocycles. The molecule has 0 fully saturated rings. The fraction of sp³-hybridized carbons (Fsp3) is 0.333. The third-order valence-corrected chi connectivity index (χ3v) is 2.82. The van der Waals surface area contributed by atoms with Crippen molar-refractivity contribution in [3.8, 4) is 0 Å². The zero-order valence-electron chi connectivity index (χ0n) is 10.4. The first-order valence-corrected chi connectivity index (χ1v) is 5.21. The minimum Gasteiger partial charge on any atom is -0.478 e. The van der Waals surface area contributed by atoms with Crippen molar-refractivity contribution in [1.29, 1.82) is 0 Å². The van der Waals surface area contributed by atoms with Crippen molar-refractivity contribution >= 4 is 11.9 Å². The van der Waals surface area contributed by atoms with Crippen LogP contribution in [-0.2, 0) is 24.8 Å². The molecule has 1 aromatic carbocycles. The van der Waals surface area contributed by atoms with Crippen LogP contribution in [0.1, 0.15) is 5.56 Å². The van der Waals surface area contributed by atoms with E-state index in [0.717, 1.165) is 14.2 Å². The zero-order valence-corrected chi connectivity index (χ0v) is 10.4. The van der Waals surface area contributed by atoms with Crippen LogP contribution >= 0.6 is 0 Å². The van der Waals surface area contributed by atoms with Crippen molar-refractivity contribution in [1.82, 2.24) is 0 Å². The number of rotatable bonds is 6. The van der Waals surface area contributed by atoms with Gasteiger partial charge in [-0.2, -0.15) is 0 Å². The monoisotopic (exact) mass is 270 g/mol. The van der Waals surface area contributed by atoms with Gasteiger partial charge in [-0.1, -0.05) is 30.3 Å². The molecule has 1 aromatic rings. The van der Waals surface area contributed by atoms with Crippen molar-refractivity contribution in [3.05, 3.63) is 35.9 Å². The lowest BCUT2D eigenvalue weighted by Gasteiger charge is -2.39. The molecule has 19 heavy (non-hydrogen) atoms. The van der Waals surface area contributed by atoms with Crippen LogP contribution in [0.3, 0.4) is 0 Å². The normalized spacial score (nSPS) is 12.2. The molecule has 104 valence electrons. The van der Waals surface area contributed by atoms with Crippen molar-refractivity contribution in [2.45, 2.75) is 11.4 Å². The summed E-state index contributed by atoms with van der Waals surface area (Å²) in [5, 5.41) is 28.2. The summed E-state index contributed by atoms with van der Waals surface area (Å²) >= 11 is 0. The summed E-state index contributed by atoms with van der Waals surface area (Å²) in [6.07, 6.45) is 0. The predicted molar refractivity (Wildman–Crippen MR) is 62.4 cm³/mol. The summed E-state index contributed by atoms with van der Waals surface area (Å²) < 4.78 is 9.85. The van der Waals surface area contributed by atoms with E-state index in [1.807, 2.05) is 0 Å². The molecule has 0 heterocycles. The second-order valence-electron chi connectivity index (χ2n) is 3.71. The fourth-order valence-electron chi connectivity index (χ4n) is 1.85. The van der Waals surface area contributed by atoms with Crippen LogP contribution in [0.4, 0.5) is 0 Å². The lowest BCUT2D eigenvalue weighted by molar-refractivity contribution is -0.302. The number of carboxylic acid groups (broad SMARTS) is 2. The predicted octanol–water partition coefficient (Wildman–Crippen LogP) is 0.0325. The van der Waals surface area contributed by atoms with Gasteiger partial charge in [0, 0.05) is 19.8 Å². The molecule has 0 aliphatic rings. The van der Waals surface area contributed by atoms with Gasteiger partial charge in [-0.3, -0.25) is 0 Å². The minimum atomic E-state index is -3.29. The van der Waals surface area contributed by atoms with E-state index in [4.69, 9.17) is 19.7 Å². The Bertz CT molecular complexity index is 450. The van der Waals surface area contributed by atoms with Gasteiger partial charge in [-0.05, 0) is 0 Å². The molecule has 7 heteroatoms. The first kappa shape index (κ1) is 15.1. The highest BCUT2D eigenvalue weighted by molar-refractivity contribution is 6.03. The number of hydrogen-bond acceptors (Lipinski definition) is 5. The highest BCUT2D eigenvalue weighted by atomic mass is 16.7. The maximum atomic E-state index is 11.2. The first-order chi connectivity index (χ1) is 8.86. The number of aliphatic carboxylic acids is 2. The summed E-state index contributed by atoms with van der Waals surface area (Å²) in [6.45, 7) is 0. The van der Waals surface area contributed by atoms with Crippen LogP contribution in [0.2, 0.25) is 0 Å². The second kappa shape index (κ2) is 5.35. The maximum absolute atomic E-state index is 11.2. The zero-order chi connectivity index (χ0) is 14.7. The Labute approximate surface area is 109 Å². The van der Waals surface area contributed by atoms with Gasteiger partial charge in [-0.25, -0.2) is 9.59 Å². The van der Waals surface area contributed by atoms with Crippen LogP contribution in [0.25, 0.3) is 0 Å². The first-order valence-electron chi connectivity index (χ1n) is 5.21. The van der Waals surface area contributed by atoms with Crippen LogP contribution in [0.15, 0.2) is 30.3 Å². The molecule has 0 saturated carbocycles. The summed E-state index contributed by atoms with van der Waals surface area (Å²) in [5.41, 5.74) is -3.23. The number of methoxy groups -OCH3 is 2. The Morgan fingerprint density at radius 3 is 1.74 bits per heavy atom. The third-order valence-electron chi connectivity index (χ3n) is 2.82. The second-order valence-corrected chi connectivity index (χ2v) is 3.71. The lowest BCUT2D eigenvalue weighted by atomic mass is 9.86. The molecular formula is C12H14O7. The highest BCUT2D eigenvalue weighted by Crippen LogP contribution is 2.38. The average Bonchev–Trinajstić information content (AvgIpc) is 2.41. The van der Waals surface area contributed by atoms with Gasteiger partial charge in [0.25, 0.3) is 0 Å². The largest absolute Gasteiger partial charge is 0.478 e. The topological polar surface area (TPSA) is 113 Å². The minimum absolute atomic E-state index is 0.0623. The molecule has 0 unspecified atom stereocenters. The van der Waals surface area contributed by atoms with E-state index in [1.54, 1.807) is 6.07 Å². The van der Waals surface area contributed by atoms with E-state index in [0.29, 0.717) is 0 Å². The molecule has 0 aliphatic carbocycles. The number of carboxylic acids is 2. The molecule has 0 saturated heterocycles. The van der Waals surface area contributed by atoms with E-state index in [-0.39, 0.29) is 5.56 Å². The highest BCUT2D eigenvalue weighted by Gasteiger charge is 2.65. The van der Waals surface area contributed by atoms with Crippen molar-refractivity contribution < 1.29 is 34.4 Å². The molecule has 0 aliphatic heterocycles. The molecule has 0 amide bonds. The average molecular weight is 270 g/mol. The van der Waals surface area contributed by atoms with E-state index in [1.165, 1.54) is 24.3 Å². The molecular weight excluding hydrogens is 256 g/mol. The Balaban J connectivity index is 3.58. The Morgan fingerprint density at radius 1 is 1.00 bits per heavy atom. The third kappa shape index (κ3) is 2.07. The molecule has 0 atom stereocenters. The van der Waals surface area contributed by atoms with E-state index >= 15 is 0 Å². The fourth-order valence-corrected chi connectivity index (χ4v) is 1.85. The molecule has 7 nitrogen and oxygen atoms in total. The van der Waals surface area contributed by atoms with E-state index in [9.17, 15) is 14.7 Å². The number of benzene rings is 1. The molecule has 0 spiro atoms. The summed E-state index contributed by atoms with van der Waals surface area (Å²) in [4.78, 5) is 22.4. The summed E-state index contributed by atoms with van der Waals surface area (Å²) in [6, 6.07) is 7.49. The molecule has 3 N–H and O–H groups in total.